The average Bonchev–Trinajstić information content (AvgIpc) is 2.73. The monoisotopic (exact) mass is 389 g/mol. The van der Waals surface area contributed by atoms with E-state index in [0.717, 1.165) is 43.1 Å². The normalized spacial score (nSPS) is 14.3. The van der Waals surface area contributed by atoms with Crippen molar-refractivity contribution < 1.29 is 18.3 Å². The van der Waals surface area contributed by atoms with Gasteiger partial charge in [-0.2, -0.15) is 5.10 Å². The van der Waals surface area contributed by atoms with Gasteiger partial charge in [-0.05, 0) is 24.3 Å². The van der Waals surface area contributed by atoms with Crippen molar-refractivity contribution in [1.82, 2.24) is 15.5 Å². The number of nitrogens with zero attached hydrogens (tertiary/aromatic N) is 3. The highest BCUT2D eigenvalue weighted by molar-refractivity contribution is 5.91. The Morgan fingerprint density at radius 2 is 2.04 bits per heavy atom. The maximum Gasteiger partial charge on any atom is 0.244 e. The molecule has 1 aliphatic heterocycles. The van der Waals surface area contributed by atoms with E-state index in [2.05, 4.69) is 25.7 Å². The minimum Gasteiger partial charge on any atom is -0.378 e. The summed E-state index contributed by atoms with van der Waals surface area (Å²) in [6.07, 6.45) is 4.10. The lowest BCUT2D eigenvalue weighted by molar-refractivity contribution is -0.116. The molecular formula is C19H21F2N5O2. The van der Waals surface area contributed by atoms with Gasteiger partial charge in [0.1, 0.15) is 11.6 Å². The molecule has 0 spiro atoms. The van der Waals surface area contributed by atoms with Crippen LogP contribution in [0.1, 0.15) is 5.56 Å². The smallest absolute Gasteiger partial charge is 0.244 e. The second kappa shape index (κ2) is 9.75. The molecule has 1 aromatic heterocycles. The Bertz CT molecular complexity index is 841. The predicted octanol–water partition coefficient (Wildman–Crippen LogP) is 1.83. The van der Waals surface area contributed by atoms with Crippen LogP contribution in [0.2, 0.25) is 0 Å². The summed E-state index contributed by atoms with van der Waals surface area (Å²) in [5, 5.41) is 13.8. The van der Waals surface area contributed by atoms with Gasteiger partial charge in [0.25, 0.3) is 0 Å². The summed E-state index contributed by atoms with van der Waals surface area (Å²) >= 11 is 0. The molecule has 3 rings (SSSR count). The van der Waals surface area contributed by atoms with E-state index in [1.54, 1.807) is 6.20 Å². The molecule has 0 bridgehead atoms. The number of nitrogens with one attached hydrogen (secondary N) is 2. The Kier molecular flexibility index (Phi) is 6.85. The molecule has 2 heterocycles. The van der Waals surface area contributed by atoms with Crippen LogP contribution in [0.3, 0.4) is 0 Å². The lowest BCUT2D eigenvalue weighted by Crippen LogP contribution is -2.36. The molecule has 2 aromatic rings. The number of carbonyl (C=O) groups excluding carboxylic acids is 1. The van der Waals surface area contributed by atoms with Crippen LogP contribution < -0.4 is 15.5 Å². The molecule has 0 saturated carbocycles. The summed E-state index contributed by atoms with van der Waals surface area (Å²) in [6.45, 7) is 3.75. The summed E-state index contributed by atoms with van der Waals surface area (Å²) in [4.78, 5) is 14.0. The molecule has 1 fully saturated rings. The van der Waals surface area contributed by atoms with Crippen molar-refractivity contribution >= 4 is 23.5 Å². The first-order valence-electron chi connectivity index (χ1n) is 8.92. The minimum absolute atomic E-state index is 0.0171. The van der Waals surface area contributed by atoms with Gasteiger partial charge in [-0.15, -0.1) is 5.10 Å². The van der Waals surface area contributed by atoms with E-state index in [4.69, 9.17) is 4.74 Å². The molecule has 0 radical (unpaired) electrons. The second-order valence-electron chi connectivity index (χ2n) is 6.12. The van der Waals surface area contributed by atoms with Crippen LogP contribution >= 0.6 is 0 Å². The predicted molar refractivity (Wildman–Crippen MR) is 102 cm³/mol. The van der Waals surface area contributed by atoms with E-state index in [1.807, 2.05) is 6.07 Å². The van der Waals surface area contributed by atoms with Crippen molar-refractivity contribution in [2.45, 2.75) is 0 Å². The van der Waals surface area contributed by atoms with Gasteiger partial charge >= 0.3 is 0 Å². The molecule has 7 nitrogen and oxygen atoms in total. The van der Waals surface area contributed by atoms with Gasteiger partial charge in [-0.3, -0.25) is 4.79 Å². The fourth-order valence-corrected chi connectivity index (χ4v) is 2.68. The van der Waals surface area contributed by atoms with Crippen molar-refractivity contribution in [3.63, 3.8) is 0 Å². The van der Waals surface area contributed by atoms with Gasteiger partial charge in [0.2, 0.25) is 5.91 Å². The molecule has 1 amide bonds. The van der Waals surface area contributed by atoms with E-state index in [9.17, 15) is 13.6 Å². The van der Waals surface area contributed by atoms with Crippen LogP contribution in [0.4, 0.5) is 20.3 Å². The van der Waals surface area contributed by atoms with Gasteiger partial charge in [0, 0.05) is 43.9 Å². The first-order valence-corrected chi connectivity index (χ1v) is 8.92. The number of aromatic nitrogens is 2. The standard InChI is InChI=1S/C19H21F2N5O2/c20-15-2-3-17(21)14(11-15)1-4-19(27)23-6-5-22-18-12-16(13-24-25-18)26-7-9-28-10-8-26/h1-4,11-13H,5-10H2,(H,22,25)(H,23,27)/b4-1+. The Morgan fingerprint density at radius 1 is 1.21 bits per heavy atom. The van der Waals surface area contributed by atoms with Gasteiger partial charge in [-0.25, -0.2) is 8.78 Å². The van der Waals surface area contributed by atoms with Crippen molar-refractivity contribution in [2.75, 3.05) is 49.6 Å². The molecule has 148 valence electrons. The maximum absolute atomic E-state index is 13.5. The number of anilines is 2. The van der Waals surface area contributed by atoms with Crippen LogP contribution in [-0.4, -0.2) is 55.5 Å². The number of morpholine rings is 1. The molecule has 1 saturated heterocycles. The molecule has 2 N–H and O–H groups in total. The highest BCUT2D eigenvalue weighted by Crippen LogP contribution is 2.17. The van der Waals surface area contributed by atoms with Gasteiger partial charge in [0.05, 0.1) is 25.1 Å². The van der Waals surface area contributed by atoms with Crippen molar-refractivity contribution in [2.24, 2.45) is 0 Å². The van der Waals surface area contributed by atoms with Gasteiger partial charge in [0.15, 0.2) is 5.82 Å². The first kappa shape index (κ1) is 19.7. The number of rotatable bonds is 7. The van der Waals surface area contributed by atoms with Crippen molar-refractivity contribution in [3.8, 4) is 0 Å². The zero-order valence-corrected chi connectivity index (χ0v) is 15.2. The molecule has 28 heavy (non-hydrogen) atoms. The Balaban J connectivity index is 1.43. The quantitative estimate of drug-likeness (QED) is 0.556. The number of hydrogen-bond acceptors (Lipinski definition) is 6. The van der Waals surface area contributed by atoms with E-state index < -0.39 is 17.5 Å². The van der Waals surface area contributed by atoms with Crippen LogP contribution in [0, 0.1) is 11.6 Å². The topological polar surface area (TPSA) is 79.4 Å². The lowest BCUT2D eigenvalue weighted by Gasteiger charge is -2.28. The molecule has 1 aliphatic rings. The van der Waals surface area contributed by atoms with E-state index >= 15 is 0 Å². The van der Waals surface area contributed by atoms with Crippen LogP contribution in [-0.2, 0) is 9.53 Å². The zero-order valence-electron chi connectivity index (χ0n) is 15.2. The third-order valence-corrected chi connectivity index (χ3v) is 4.12. The third-order valence-electron chi connectivity index (χ3n) is 4.12. The van der Waals surface area contributed by atoms with Gasteiger partial charge in [-0.1, -0.05) is 0 Å². The maximum atomic E-state index is 13.5. The number of amides is 1. The Labute approximate surface area is 161 Å². The molecule has 0 unspecified atom stereocenters. The highest BCUT2D eigenvalue weighted by Gasteiger charge is 2.12. The van der Waals surface area contributed by atoms with Crippen molar-refractivity contribution in [1.29, 1.82) is 0 Å². The van der Waals surface area contributed by atoms with E-state index in [0.29, 0.717) is 32.1 Å². The third kappa shape index (κ3) is 5.71. The summed E-state index contributed by atoms with van der Waals surface area (Å²) in [5.41, 5.74) is 0.980. The molecule has 0 atom stereocenters. The first-order chi connectivity index (χ1) is 13.6. The lowest BCUT2D eigenvalue weighted by atomic mass is 10.2. The number of ether oxygens (including phenoxy) is 1. The van der Waals surface area contributed by atoms with Gasteiger partial charge < -0.3 is 20.3 Å². The summed E-state index contributed by atoms with van der Waals surface area (Å²) in [5.74, 6) is -0.953. The Hall–Kier alpha value is -3.07. The number of hydrogen-bond donors (Lipinski definition) is 2. The summed E-state index contributed by atoms with van der Waals surface area (Å²) in [7, 11) is 0. The molecule has 1 aromatic carbocycles. The number of halogens is 2. The summed E-state index contributed by atoms with van der Waals surface area (Å²) < 4.78 is 31.9. The Morgan fingerprint density at radius 3 is 2.86 bits per heavy atom. The van der Waals surface area contributed by atoms with Crippen LogP contribution in [0.5, 0.6) is 0 Å². The molecular weight excluding hydrogens is 368 g/mol. The van der Waals surface area contributed by atoms with E-state index in [-0.39, 0.29) is 5.56 Å². The van der Waals surface area contributed by atoms with Crippen LogP contribution in [0.15, 0.2) is 36.5 Å². The largest absolute Gasteiger partial charge is 0.378 e. The fraction of sp³-hybridized carbons (Fsp3) is 0.316. The van der Waals surface area contributed by atoms with Crippen LogP contribution in [0.25, 0.3) is 6.08 Å². The SMILES string of the molecule is O=C(/C=C/c1cc(F)ccc1F)NCCNc1cc(N2CCOCC2)cnn1. The molecule has 0 aliphatic carbocycles. The average molecular weight is 389 g/mol. The minimum atomic E-state index is -0.592. The fourth-order valence-electron chi connectivity index (χ4n) is 2.68. The zero-order chi connectivity index (χ0) is 19.8. The number of carbonyl (C=O) groups is 1. The number of benzene rings is 1. The van der Waals surface area contributed by atoms with E-state index in [1.165, 1.54) is 6.08 Å². The molecule has 9 heteroatoms. The highest BCUT2D eigenvalue weighted by atomic mass is 19.1. The summed E-state index contributed by atoms with van der Waals surface area (Å²) in [6, 6.07) is 4.96. The van der Waals surface area contributed by atoms with Crippen molar-refractivity contribution in [3.05, 3.63) is 53.7 Å². The second-order valence-corrected chi connectivity index (χ2v) is 6.12.